The second-order valence-electron chi connectivity index (χ2n) is 3.08. The molecule has 0 saturated carbocycles. The second-order valence-corrected chi connectivity index (χ2v) is 3.08. The largest absolute Gasteiger partial charge is 0.496 e. The number of nitrogens with one attached hydrogen (secondary N) is 1. The molecule has 0 radical (unpaired) electrons. The lowest BCUT2D eigenvalue weighted by molar-refractivity contribution is 0.385. The highest BCUT2D eigenvalue weighted by atomic mass is 16.5. The third-order valence-electron chi connectivity index (χ3n) is 2.12. The van der Waals surface area contributed by atoms with Gasteiger partial charge < -0.3 is 15.2 Å². The molecule has 17 heavy (non-hydrogen) atoms. The molecule has 0 saturated heterocycles. The van der Waals surface area contributed by atoms with Crippen molar-refractivity contribution in [1.29, 1.82) is 5.26 Å². The van der Waals surface area contributed by atoms with E-state index in [1.165, 1.54) is 0 Å². The van der Waals surface area contributed by atoms with Gasteiger partial charge in [0.05, 0.1) is 26.3 Å². The van der Waals surface area contributed by atoms with Crippen molar-refractivity contribution in [2.45, 2.75) is 6.54 Å². The quantitative estimate of drug-likeness (QED) is 0.344. The molecule has 0 aliphatic heterocycles. The van der Waals surface area contributed by atoms with Crippen LogP contribution >= 0.6 is 0 Å². The van der Waals surface area contributed by atoms with Crippen LogP contribution in [0.25, 0.3) is 0 Å². The molecule has 90 valence electrons. The topological polar surface area (TPSA) is 92.7 Å². The van der Waals surface area contributed by atoms with Crippen molar-refractivity contribution in [1.82, 2.24) is 5.32 Å². The van der Waals surface area contributed by atoms with Crippen LogP contribution in [0.1, 0.15) is 5.56 Å². The molecular formula is C11H14N4O2. The normalized spacial score (nSPS) is 10.5. The predicted molar refractivity (Wildman–Crippen MR) is 63.6 cm³/mol. The van der Waals surface area contributed by atoms with E-state index in [0.29, 0.717) is 11.5 Å². The number of hydrogen-bond acceptors (Lipinski definition) is 4. The highest BCUT2D eigenvalue weighted by Crippen LogP contribution is 2.28. The lowest BCUT2D eigenvalue weighted by Gasteiger charge is -2.11. The molecule has 0 amide bonds. The number of benzene rings is 1. The van der Waals surface area contributed by atoms with Crippen molar-refractivity contribution in [3.8, 4) is 17.7 Å². The fraction of sp³-hybridized carbons (Fsp3) is 0.273. The number of methoxy groups -OCH3 is 2. The maximum atomic E-state index is 8.36. The summed E-state index contributed by atoms with van der Waals surface area (Å²) in [5.74, 6) is 1.39. The van der Waals surface area contributed by atoms with Crippen molar-refractivity contribution in [2.24, 2.45) is 10.7 Å². The SMILES string of the molecule is COc1cccc(OC)c1CN=C(N)NC#N. The maximum absolute atomic E-state index is 8.36. The molecule has 1 rings (SSSR count). The molecule has 0 aliphatic carbocycles. The molecule has 0 heterocycles. The van der Waals surface area contributed by atoms with E-state index in [-0.39, 0.29) is 12.5 Å². The Hall–Kier alpha value is -2.42. The lowest BCUT2D eigenvalue weighted by atomic mass is 10.2. The number of ether oxygens (including phenoxy) is 2. The highest BCUT2D eigenvalue weighted by Gasteiger charge is 2.08. The van der Waals surface area contributed by atoms with Crippen molar-refractivity contribution in [3.63, 3.8) is 0 Å². The van der Waals surface area contributed by atoms with Gasteiger partial charge in [0.1, 0.15) is 11.5 Å². The van der Waals surface area contributed by atoms with Crippen LogP contribution in [0.3, 0.4) is 0 Å². The third-order valence-corrected chi connectivity index (χ3v) is 2.12. The molecule has 1 aromatic carbocycles. The lowest BCUT2D eigenvalue weighted by Crippen LogP contribution is -2.27. The third kappa shape index (κ3) is 3.28. The molecule has 6 nitrogen and oxygen atoms in total. The minimum atomic E-state index is 0.0560. The van der Waals surface area contributed by atoms with Gasteiger partial charge in [-0.15, -0.1) is 0 Å². The van der Waals surface area contributed by atoms with Crippen LogP contribution in [-0.2, 0) is 6.54 Å². The molecule has 0 bridgehead atoms. The monoisotopic (exact) mass is 234 g/mol. The van der Waals surface area contributed by atoms with Gasteiger partial charge in [-0.25, -0.2) is 4.99 Å². The van der Waals surface area contributed by atoms with Crippen LogP contribution < -0.4 is 20.5 Å². The molecule has 0 fully saturated rings. The summed E-state index contributed by atoms with van der Waals surface area (Å²) in [6.45, 7) is 0.272. The summed E-state index contributed by atoms with van der Waals surface area (Å²) < 4.78 is 10.4. The van der Waals surface area contributed by atoms with E-state index in [9.17, 15) is 0 Å². The number of aliphatic imine (C=N–C) groups is 1. The van der Waals surface area contributed by atoms with Crippen molar-refractivity contribution in [3.05, 3.63) is 23.8 Å². The van der Waals surface area contributed by atoms with E-state index in [4.69, 9.17) is 20.5 Å². The molecule has 0 atom stereocenters. The molecular weight excluding hydrogens is 220 g/mol. The average molecular weight is 234 g/mol. The Balaban J connectivity index is 2.96. The number of rotatable bonds is 4. The fourth-order valence-electron chi connectivity index (χ4n) is 1.34. The van der Waals surface area contributed by atoms with Gasteiger partial charge in [0, 0.05) is 0 Å². The van der Waals surface area contributed by atoms with E-state index in [0.717, 1.165) is 5.56 Å². The van der Waals surface area contributed by atoms with Gasteiger partial charge in [0.2, 0.25) is 5.96 Å². The zero-order chi connectivity index (χ0) is 12.7. The van der Waals surface area contributed by atoms with Gasteiger partial charge >= 0.3 is 0 Å². The van der Waals surface area contributed by atoms with Crippen LogP contribution in [0, 0.1) is 11.5 Å². The Morgan fingerprint density at radius 2 is 2.00 bits per heavy atom. The zero-order valence-corrected chi connectivity index (χ0v) is 9.73. The van der Waals surface area contributed by atoms with Crippen LogP contribution in [0.4, 0.5) is 0 Å². The first-order chi connectivity index (χ1) is 8.22. The van der Waals surface area contributed by atoms with Crippen LogP contribution in [0.15, 0.2) is 23.2 Å². The van der Waals surface area contributed by atoms with Gasteiger partial charge in [-0.1, -0.05) is 6.07 Å². The minimum absolute atomic E-state index is 0.0560. The van der Waals surface area contributed by atoms with Crippen molar-refractivity contribution < 1.29 is 9.47 Å². The number of nitriles is 1. The second kappa shape index (κ2) is 6.23. The first kappa shape index (κ1) is 12.6. The summed E-state index contributed by atoms with van der Waals surface area (Å²) >= 11 is 0. The van der Waals surface area contributed by atoms with Gasteiger partial charge in [-0.2, -0.15) is 5.26 Å². The van der Waals surface area contributed by atoms with Crippen molar-refractivity contribution >= 4 is 5.96 Å². The highest BCUT2D eigenvalue weighted by molar-refractivity contribution is 5.79. The molecule has 0 aromatic heterocycles. The minimum Gasteiger partial charge on any atom is -0.496 e. The van der Waals surface area contributed by atoms with E-state index in [1.807, 2.05) is 6.07 Å². The van der Waals surface area contributed by atoms with E-state index in [2.05, 4.69) is 10.3 Å². The molecule has 0 aliphatic rings. The Kier molecular flexibility index (Phi) is 4.63. The Morgan fingerprint density at radius 3 is 2.47 bits per heavy atom. The smallest absolute Gasteiger partial charge is 0.202 e. The number of nitrogens with zero attached hydrogens (tertiary/aromatic N) is 2. The van der Waals surface area contributed by atoms with Gasteiger partial charge in [0.25, 0.3) is 0 Å². The Labute approximate surface area is 99.7 Å². The zero-order valence-electron chi connectivity index (χ0n) is 9.73. The predicted octanol–water partition coefficient (Wildman–Crippen LogP) is 0.589. The fourth-order valence-corrected chi connectivity index (χ4v) is 1.34. The Morgan fingerprint density at radius 1 is 1.41 bits per heavy atom. The molecule has 0 spiro atoms. The van der Waals surface area contributed by atoms with Crippen LogP contribution in [-0.4, -0.2) is 20.2 Å². The van der Waals surface area contributed by atoms with E-state index >= 15 is 0 Å². The summed E-state index contributed by atoms with van der Waals surface area (Å²) in [5.41, 5.74) is 6.23. The van der Waals surface area contributed by atoms with E-state index in [1.54, 1.807) is 32.5 Å². The average Bonchev–Trinajstić information content (AvgIpc) is 2.36. The Bertz CT molecular complexity index is 429. The summed E-state index contributed by atoms with van der Waals surface area (Å²) in [5, 5.41) is 10.6. The standard InChI is InChI=1S/C11H14N4O2/c1-16-9-4-3-5-10(17-2)8(9)6-14-11(13)15-7-12/h3-5H,6H2,1-2H3,(H3,13,14,15). The first-order valence-electron chi connectivity index (χ1n) is 4.87. The first-order valence-corrected chi connectivity index (χ1v) is 4.87. The summed E-state index contributed by atoms with van der Waals surface area (Å²) in [6.07, 6.45) is 1.69. The number of guanidine groups is 1. The van der Waals surface area contributed by atoms with Gasteiger partial charge in [-0.05, 0) is 12.1 Å². The summed E-state index contributed by atoms with van der Waals surface area (Å²) in [6, 6.07) is 5.43. The molecule has 6 heteroatoms. The van der Waals surface area contributed by atoms with Crippen LogP contribution in [0.2, 0.25) is 0 Å². The van der Waals surface area contributed by atoms with Gasteiger partial charge in [-0.3, -0.25) is 5.32 Å². The summed E-state index contributed by atoms with van der Waals surface area (Å²) in [7, 11) is 3.14. The van der Waals surface area contributed by atoms with Gasteiger partial charge in [0.15, 0.2) is 6.19 Å². The maximum Gasteiger partial charge on any atom is 0.202 e. The summed E-state index contributed by atoms with van der Waals surface area (Å²) in [4.78, 5) is 4.00. The van der Waals surface area contributed by atoms with E-state index < -0.39 is 0 Å². The van der Waals surface area contributed by atoms with Crippen molar-refractivity contribution in [2.75, 3.05) is 14.2 Å². The molecule has 3 N–H and O–H groups in total. The number of hydrogen-bond donors (Lipinski definition) is 2. The molecule has 0 unspecified atom stereocenters. The van der Waals surface area contributed by atoms with Crippen LogP contribution in [0.5, 0.6) is 11.5 Å². The molecule has 1 aromatic rings. The number of nitrogens with two attached hydrogens (primary N) is 1.